The van der Waals surface area contributed by atoms with Gasteiger partial charge in [-0.1, -0.05) is 30.3 Å². The summed E-state index contributed by atoms with van der Waals surface area (Å²) >= 11 is 0. The highest BCUT2D eigenvalue weighted by molar-refractivity contribution is 5.98. The van der Waals surface area contributed by atoms with Crippen LogP contribution in [-0.2, 0) is 16.0 Å². The SMILES string of the molecule is Cc1cc(C(=O)NC2CCN(C)CC2)ccc1-c1ccc(C[C@H](NC(=O)C2CCC(CN)CC2)C(=O)Nc2ccc(-c3nn[nH]n3)cc2)cc1. The molecule has 1 saturated carbocycles. The molecule has 3 amide bonds. The summed E-state index contributed by atoms with van der Waals surface area (Å²) in [6, 6.07) is 20.4. The molecule has 50 heavy (non-hydrogen) atoms. The van der Waals surface area contributed by atoms with E-state index in [4.69, 9.17) is 5.73 Å². The molecule has 6 N–H and O–H groups in total. The minimum atomic E-state index is -0.776. The zero-order valence-electron chi connectivity index (χ0n) is 28.8. The van der Waals surface area contributed by atoms with E-state index >= 15 is 0 Å². The Kier molecular flexibility index (Phi) is 11.3. The molecule has 0 spiro atoms. The molecule has 6 rings (SSSR count). The number of tetrazole rings is 1. The highest BCUT2D eigenvalue weighted by Gasteiger charge is 2.29. The number of anilines is 1. The summed E-state index contributed by atoms with van der Waals surface area (Å²) in [6.45, 7) is 4.63. The fraction of sp³-hybridized carbons (Fsp3) is 0.421. The average Bonchev–Trinajstić information content (AvgIpc) is 3.68. The van der Waals surface area contributed by atoms with Crippen molar-refractivity contribution in [1.29, 1.82) is 0 Å². The standard InChI is InChI=1S/C38H47N9O3/c1-24-21-30(37(49)40-32-17-19-47(2)20-18-32)13-16-33(24)27-7-3-25(4-8-27)22-34(42-36(48)29-9-5-26(23-39)6-10-29)38(50)41-31-14-11-28(12-15-31)35-43-45-46-44-35/h3-4,7-8,11-16,21,26,29,32,34H,5-6,9-10,17-20,22-23,39H2,1-2H3,(H,40,49)(H,41,50)(H,42,48)(H,43,44,45,46)/t26?,29?,34-/m0/s1. The largest absolute Gasteiger partial charge is 0.349 e. The lowest BCUT2D eigenvalue weighted by Crippen LogP contribution is -2.48. The van der Waals surface area contributed by atoms with Crippen molar-refractivity contribution < 1.29 is 14.4 Å². The lowest BCUT2D eigenvalue weighted by Gasteiger charge is -2.29. The quantitative estimate of drug-likeness (QED) is 0.158. The molecule has 1 aromatic heterocycles. The first-order chi connectivity index (χ1) is 24.2. The fourth-order valence-electron chi connectivity index (χ4n) is 6.98. The number of amides is 3. The number of aryl methyl sites for hydroxylation is 1. The first-order valence-electron chi connectivity index (χ1n) is 17.6. The van der Waals surface area contributed by atoms with E-state index in [0.717, 1.165) is 79.4 Å². The van der Waals surface area contributed by atoms with Gasteiger partial charge >= 0.3 is 0 Å². The number of carbonyl (C=O) groups excluding carboxylic acids is 3. The molecule has 0 radical (unpaired) electrons. The van der Waals surface area contributed by atoms with Crippen LogP contribution in [0.2, 0.25) is 0 Å². The van der Waals surface area contributed by atoms with Crippen molar-refractivity contribution in [3.05, 3.63) is 83.4 Å². The van der Waals surface area contributed by atoms with Gasteiger partial charge in [0.25, 0.3) is 5.91 Å². The molecule has 4 aromatic rings. The van der Waals surface area contributed by atoms with E-state index in [0.29, 0.717) is 36.0 Å². The number of hydrogen-bond donors (Lipinski definition) is 5. The number of carbonyl (C=O) groups is 3. The lowest BCUT2D eigenvalue weighted by atomic mass is 9.81. The number of benzene rings is 3. The first-order valence-corrected chi connectivity index (χ1v) is 17.6. The summed E-state index contributed by atoms with van der Waals surface area (Å²) in [5, 5.41) is 23.3. The Morgan fingerprint density at radius 1 is 0.920 bits per heavy atom. The highest BCUT2D eigenvalue weighted by atomic mass is 16.2. The lowest BCUT2D eigenvalue weighted by molar-refractivity contribution is -0.130. The van der Waals surface area contributed by atoms with Gasteiger partial charge in [-0.05, 0) is 142 Å². The number of nitrogens with two attached hydrogens (primary N) is 1. The Hall–Kier alpha value is -4.94. The van der Waals surface area contributed by atoms with Crippen LogP contribution in [0.5, 0.6) is 0 Å². The van der Waals surface area contributed by atoms with Gasteiger partial charge in [-0.3, -0.25) is 14.4 Å². The molecule has 2 heterocycles. The van der Waals surface area contributed by atoms with Crippen molar-refractivity contribution in [3.8, 4) is 22.5 Å². The number of aromatic nitrogens is 4. The normalized spacial score (nSPS) is 19.0. The summed E-state index contributed by atoms with van der Waals surface area (Å²) in [5.74, 6) is 0.345. The van der Waals surface area contributed by atoms with Crippen molar-refractivity contribution in [2.24, 2.45) is 17.6 Å². The summed E-state index contributed by atoms with van der Waals surface area (Å²) in [6.07, 6.45) is 5.63. The topological polar surface area (TPSA) is 171 Å². The van der Waals surface area contributed by atoms with Crippen LogP contribution in [-0.4, -0.2) is 82.0 Å². The number of aromatic amines is 1. The minimum absolute atomic E-state index is 0.0359. The van der Waals surface area contributed by atoms with Gasteiger partial charge in [0, 0.05) is 35.2 Å². The molecule has 12 heteroatoms. The summed E-state index contributed by atoms with van der Waals surface area (Å²) < 4.78 is 0. The summed E-state index contributed by atoms with van der Waals surface area (Å²) in [7, 11) is 2.11. The number of H-pyrrole nitrogens is 1. The number of likely N-dealkylation sites (tertiary alicyclic amines) is 1. The van der Waals surface area contributed by atoms with E-state index < -0.39 is 6.04 Å². The van der Waals surface area contributed by atoms with E-state index in [1.807, 2.05) is 49.4 Å². The maximum atomic E-state index is 13.7. The second kappa shape index (κ2) is 16.2. The van der Waals surface area contributed by atoms with Crippen LogP contribution in [0.15, 0.2) is 66.7 Å². The number of nitrogens with zero attached hydrogens (tertiary/aromatic N) is 4. The third kappa shape index (κ3) is 8.80. The molecule has 1 aliphatic heterocycles. The van der Waals surface area contributed by atoms with Crippen molar-refractivity contribution >= 4 is 23.4 Å². The molecule has 0 unspecified atom stereocenters. The van der Waals surface area contributed by atoms with Crippen molar-refractivity contribution in [2.75, 3.05) is 32.0 Å². The Morgan fingerprint density at radius 3 is 2.26 bits per heavy atom. The van der Waals surface area contributed by atoms with Crippen molar-refractivity contribution in [2.45, 2.75) is 64.0 Å². The number of piperidine rings is 1. The molecular formula is C38H47N9O3. The van der Waals surface area contributed by atoms with E-state index in [2.05, 4.69) is 48.5 Å². The molecule has 2 fully saturated rings. The maximum absolute atomic E-state index is 13.7. The monoisotopic (exact) mass is 677 g/mol. The minimum Gasteiger partial charge on any atom is -0.349 e. The molecule has 2 aliphatic rings. The molecule has 12 nitrogen and oxygen atoms in total. The summed E-state index contributed by atoms with van der Waals surface area (Å²) in [5.41, 5.74) is 11.9. The van der Waals surface area contributed by atoms with Gasteiger partial charge < -0.3 is 26.6 Å². The maximum Gasteiger partial charge on any atom is 0.251 e. The van der Waals surface area contributed by atoms with Gasteiger partial charge in [0.1, 0.15) is 6.04 Å². The van der Waals surface area contributed by atoms with E-state index in [9.17, 15) is 14.4 Å². The van der Waals surface area contributed by atoms with E-state index in [1.165, 1.54) is 0 Å². The van der Waals surface area contributed by atoms with Crippen LogP contribution < -0.4 is 21.7 Å². The molecule has 1 saturated heterocycles. The predicted molar refractivity (Wildman–Crippen MR) is 193 cm³/mol. The molecular weight excluding hydrogens is 630 g/mol. The average molecular weight is 678 g/mol. The molecule has 3 aromatic carbocycles. The van der Waals surface area contributed by atoms with Crippen LogP contribution in [0.1, 0.15) is 60.0 Å². The Bertz CT molecular complexity index is 1740. The number of nitrogens with one attached hydrogen (secondary N) is 4. The molecule has 1 atom stereocenters. The van der Waals surface area contributed by atoms with Crippen molar-refractivity contribution in [1.82, 2.24) is 36.2 Å². The van der Waals surface area contributed by atoms with Gasteiger partial charge in [-0.15, -0.1) is 10.2 Å². The zero-order chi connectivity index (χ0) is 35.0. The summed E-state index contributed by atoms with van der Waals surface area (Å²) in [4.78, 5) is 42.4. The molecule has 1 aliphatic carbocycles. The predicted octanol–water partition coefficient (Wildman–Crippen LogP) is 4.10. The highest BCUT2D eigenvalue weighted by Crippen LogP contribution is 2.29. The third-order valence-corrected chi connectivity index (χ3v) is 10.2. The van der Waals surface area contributed by atoms with Gasteiger partial charge in [-0.2, -0.15) is 5.21 Å². The van der Waals surface area contributed by atoms with Gasteiger partial charge in [0.2, 0.25) is 17.6 Å². The first kappa shape index (κ1) is 34.9. The van der Waals surface area contributed by atoms with Crippen molar-refractivity contribution in [3.63, 3.8) is 0 Å². The van der Waals surface area contributed by atoms with Gasteiger partial charge in [-0.25, -0.2) is 0 Å². The Balaban J connectivity index is 1.13. The van der Waals surface area contributed by atoms with Gasteiger partial charge in [0.05, 0.1) is 0 Å². The number of rotatable bonds is 11. The molecule has 262 valence electrons. The van der Waals surface area contributed by atoms with Crippen LogP contribution >= 0.6 is 0 Å². The van der Waals surface area contributed by atoms with Crippen LogP contribution in [0.25, 0.3) is 22.5 Å². The van der Waals surface area contributed by atoms with E-state index in [1.54, 1.807) is 24.3 Å². The van der Waals surface area contributed by atoms with E-state index in [-0.39, 0.29) is 29.7 Å². The second-order valence-corrected chi connectivity index (χ2v) is 13.8. The fourth-order valence-corrected chi connectivity index (χ4v) is 6.98. The Labute approximate surface area is 293 Å². The van der Waals surface area contributed by atoms with Gasteiger partial charge in [0.15, 0.2) is 0 Å². The molecule has 0 bridgehead atoms. The van der Waals surface area contributed by atoms with Crippen LogP contribution in [0.4, 0.5) is 5.69 Å². The smallest absolute Gasteiger partial charge is 0.251 e. The Morgan fingerprint density at radius 2 is 1.62 bits per heavy atom. The number of hydrogen-bond acceptors (Lipinski definition) is 8. The van der Waals surface area contributed by atoms with Crippen LogP contribution in [0.3, 0.4) is 0 Å². The van der Waals surface area contributed by atoms with Crippen LogP contribution in [0, 0.1) is 18.8 Å². The zero-order valence-corrected chi connectivity index (χ0v) is 28.8. The second-order valence-electron chi connectivity index (χ2n) is 13.8. The third-order valence-electron chi connectivity index (χ3n) is 10.2.